The lowest BCUT2D eigenvalue weighted by molar-refractivity contribution is -0.384. The summed E-state index contributed by atoms with van der Waals surface area (Å²) in [4.78, 5) is 22.2. The predicted octanol–water partition coefficient (Wildman–Crippen LogP) is 2.41. The van der Waals surface area contributed by atoms with Crippen LogP contribution < -0.4 is 5.32 Å². The van der Waals surface area contributed by atoms with E-state index in [2.05, 4.69) is 36.8 Å². The first kappa shape index (κ1) is 15.9. The van der Waals surface area contributed by atoms with E-state index in [1.54, 1.807) is 4.68 Å². The van der Waals surface area contributed by atoms with Crippen LogP contribution in [0.2, 0.25) is 0 Å². The number of nitrogens with one attached hydrogen (secondary N) is 1. The standard InChI is InChI=1S/C12H11BrN6O3S/c13-9-5-8(19(21)22)3-4-10(9)14-11(20)6-23-12-15-16-17-18(12)7-1-2-7/h3-5,7H,1-2,6H2,(H,14,20). The van der Waals surface area contributed by atoms with Crippen molar-refractivity contribution in [3.05, 3.63) is 32.8 Å². The van der Waals surface area contributed by atoms with E-state index in [1.165, 1.54) is 30.0 Å². The van der Waals surface area contributed by atoms with E-state index < -0.39 is 4.92 Å². The number of nitrogens with zero attached hydrogens (tertiary/aromatic N) is 5. The fourth-order valence-corrected chi connectivity index (χ4v) is 3.07. The normalized spacial score (nSPS) is 13.8. The molecule has 0 radical (unpaired) electrons. The first-order chi connectivity index (χ1) is 11.0. The molecular weight excluding hydrogens is 388 g/mol. The second kappa shape index (κ2) is 6.62. The molecule has 0 atom stereocenters. The summed E-state index contributed by atoms with van der Waals surface area (Å²) in [5.74, 6) is -0.0915. The Morgan fingerprint density at radius 3 is 2.96 bits per heavy atom. The first-order valence-electron chi connectivity index (χ1n) is 6.69. The number of non-ortho nitro benzene ring substituents is 1. The van der Waals surface area contributed by atoms with Crippen LogP contribution in [0.15, 0.2) is 27.8 Å². The number of thioether (sulfide) groups is 1. The average molecular weight is 399 g/mol. The zero-order valence-corrected chi connectivity index (χ0v) is 14.1. The third kappa shape index (κ3) is 3.85. The summed E-state index contributed by atoms with van der Waals surface area (Å²) in [5, 5.41) is 25.4. The second-order valence-corrected chi connectivity index (χ2v) is 6.69. The molecule has 11 heteroatoms. The molecule has 0 saturated heterocycles. The highest BCUT2D eigenvalue weighted by Crippen LogP contribution is 2.36. The summed E-state index contributed by atoms with van der Waals surface area (Å²) in [6.45, 7) is 0. The molecule has 1 heterocycles. The summed E-state index contributed by atoms with van der Waals surface area (Å²) in [6, 6.07) is 4.51. The first-order valence-corrected chi connectivity index (χ1v) is 8.47. The molecule has 2 aromatic rings. The number of hydrogen-bond acceptors (Lipinski definition) is 7. The Labute approximate surface area is 143 Å². The molecule has 1 saturated carbocycles. The third-order valence-corrected chi connectivity index (χ3v) is 4.71. The topological polar surface area (TPSA) is 116 Å². The van der Waals surface area contributed by atoms with Gasteiger partial charge >= 0.3 is 0 Å². The van der Waals surface area contributed by atoms with Gasteiger partial charge in [-0.2, -0.15) is 0 Å². The van der Waals surface area contributed by atoms with E-state index in [0.717, 1.165) is 12.8 Å². The fraction of sp³-hybridized carbons (Fsp3) is 0.333. The molecule has 1 aromatic heterocycles. The predicted molar refractivity (Wildman–Crippen MR) is 86.2 cm³/mol. The molecule has 0 spiro atoms. The van der Waals surface area contributed by atoms with Crippen LogP contribution in [0.5, 0.6) is 0 Å². The molecule has 0 unspecified atom stereocenters. The third-order valence-electron chi connectivity index (χ3n) is 3.13. The average Bonchev–Trinajstić information content (AvgIpc) is 3.25. The number of amides is 1. The number of halogens is 1. The Kier molecular flexibility index (Phi) is 4.57. The van der Waals surface area contributed by atoms with Gasteiger partial charge < -0.3 is 5.32 Å². The van der Waals surface area contributed by atoms with Crippen molar-refractivity contribution in [1.82, 2.24) is 20.2 Å². The highest BCUT2D eigenvalue weighted by molar-refractivity contribution is 9.10. The summed E-state index contributed by atoms with van der Waals surface area (Å²) < 4.78 is 2.19. The van der Waals surface area contributed by atoms with Crippen molar-refractivity contribution in [2.24, 2.45) is 0 Å². The number of nitro groups is 1. The van der Waals surface area contributed by atoms with Crippen LogP contribution >= 0.6 is 27.7 Å². The van der Waals surface area contributed by atoms with Crippen LogP contribution in [0.3, 0.4) is 0 Å². The van der Waals surface area contributed by atoms with Crippen LogP contribution in [0.25, 0.3) is 0 Å². The molecule has 1 aliphatic carbocycles. The highest BCUT2D eigenvalue weighted by atomic mass is 79.9. The second-order valence-electron chi connectivity index (χ2n) is 4.90. The lowest BCUT2D eigenvalue weighted by Gasteiger charge is -2.07. The molecule has 1 fully saturated rings. The van der Waals surface area contributed by atoms with E-state index >= 15 is 0 Å². The maximum atomic E-state index is 12.0. The molecule has 1 aromatic carbocycles. The van der Waals surface area contributed by atoms with E-state index in [4.69, 9.17) is 0 Å². The minimum Gasteiger partial charge on any atom is -0.324 e. The number of benzene rings is 1. The Hall–Kier alpha value is -2.01. The van der Waals surface area contributed by atoms with Gasteiger partial charge in [-0.3, -0.25) is 14.9 Å². The Morgan fingerprint density at radius 2 is 2.30 bits per heavy atom. The van der Waals surface area contributed by atoms with Gasteiger partial charge in [-0.05, 0) is 45.3 Å². The molecular formula is C12H11BrN6O3S. The summed E-state index contributed by atoms with van der Waals surface area (Å²) in [5.41, 5.74) is 0.427. The van der Waals surface area contributed by atoms with Crippen LogP contribution in [0, 0.1) is 10.1 Å². The Balaban J connectivity index is 1.59. The molecule has 23 heavy (non-hydrogen) atoms. The summed E-state index contributed by atoms with van der Waals surface area (Å²) in [7, 11) is 0. The van der Waals surface area contributed by atoms with Crippen LogP contribution in [0.1, 0.15) is 18.9 Å². The fourth-order valence-electron chi connectivity index (χ4n) is 1.86. The van der Waals surface area contributed by atoms with Gasteiger partial charge in [-0.25, -0.2) is 4.68 Å². The van der Waals surface area contributed by atoms with Crippen molar-refractivity contribution in [3.8, 4) is 0 Å². The SMILES string of the molecule is O=C(CSc1nnnn1C1CC1)Nc1ccc([N+](=O)[O-])cc1Br. The zero-order valence-electron chi connectivity index (χ0n) is 11.7. The number of hydrogen-bond donors (Lipinski definition) is 1. The van der Waals surface area contributed by atoms with Crippen LogP contribution in [-0.4, -0.2) is 36.8 Å². The zero-order chi connectivity index (χ0) is 16.4. The molecule has 0 bridgehead atoms. The largest absolute Gasteiger partial charge is 0.324 e. The van der Waals surface area contributed by atoms with E-state index in [-0.39, 0.29) is 17.3 Å². The van der Waals surface area contributed by atoms with E-state index in [1.807, 2.05) is 0 Å². The number of carbonyl (C=O) groups excluding carboxylic acids is 1. The van der Waals surface area contributed by atoms with Gasteiger partial charge in [0.1, 0.15) is 0 Å². The number of nitro benzene ring substituents is 1. The number of rotatable bonds is 6. The van der Waals surface area contributed by atoms with Crippen LogP contribution in [-0.2, 0) is 4.79 Å². The van der Waals surface area contributed by atoms with Gasteiger partial charge in [-0.15, -0.1) is 5.10 Å². The molecule has 1 aliphatic rings. The van der Waals surface area contributed by atoms with Gasteiger partial charge in [0.2, 0.25) is 11.1 Å². The van der Waals surface area contributed by atoms with Crippen molar-refractivity contribution in [2.75, 3.05) is 11.1 Å². The van der Waals surface area contributed by atoms with E-state index in [0.29, 0.717) is 21.4 Å². The number of aromatic nitrogens is 4. The number of anilines is 1. The lowest BCUT2D eigenvalue weighted by Crippen LogP contribution is -2.15. The van der Waals surface area contributed by atoms with Crippen LogP contribution in [0.4, 0.5) is 11.4 Å². The Morgan fingerprint density at radius 1 is 1.52 bits per heavy atom. The van der Waals surface area contributed by atoms with Gasteiger partial charge in [0.05, 0.1) is 22.4 Å². The monoisotopic (exact) mass is 398 g/mol. The van der Waals surface area contributed by atoms with Crippen molar-refractivity contribution < 1.29 is 9.72 Å². The quantitative estimate of drug-likeness (QED) is 0.451. The smallest absolute Gasteiger partial charge is 0.270 e. The number of tetrazole rings is 1. The number of carbonyl (C=O) groups is 1. The molecule has 1 N–H and O–H groups in total. The molecule has 3 rings (SSSR count). The molecule has 120 valence electrons. The van der Waals surface area contributed by atoms with Gasteiger partial charge in [0.15, 0.2) is 0 Å². The Bertz CT molecular complexity index is 763. The maximum absolute atomic E-state index is 12.0. The summed E-state index contributed by atoms with van der Waals surface area (Å²) in [6.07, 6.45) is 2.11. The van der Waals surface area contributed by atoms with Crippen molar-refractivity contribution >= 4 is 45.0 Å². The highest BCUT2D eigenvalue weighted by Gasteiger charge is 2.28. The van der Waals surface area contributed by atoms with Gasteiger partial charge in [0, 0.05) is 16.6 Å². The maximum Gasteiger partial charge on any atom is 0.270 e. The molecule has 0 aliphatic heterocycles. The lowest BCUT2D eigenvalue weighted by atomic mass is 10.3. The van der Waals surface area contributed by atoms with Gasteiger partial charge in [-0.1, -0.05) is 11.8 Å². The summed E-state index contributed by atoms with van der Waals surface area (Å²) >= 11 is 4.46. The molecule has 9 nitrogen and oxygen atoms in total. The van der Waals surface area contributed by atoms with Crippen molar-refractivity contribution in [3.63, 3.8) is 0 Å². The minimum atomic E-state index is -0.496. The van der Waals surface area contributed by atoms with Gasteiger partial charge in [0.25, 0.3) is 5.69 Å². The molecule has 1 amide bonds. The minimum absolute atomic E-state index is 0.0483. The van der Waals surface area contributed by atoms with Crippen molar-refractivity contribution in [1.29, 1.82) is 0 Å². The van der Waals surface area contributed by atoms with E-state index in [9.17, 15) is 14.9 Å². The van der Waals surface area contributed by atoms with Crippen molar-refractivity contribution in [2.45, 2.75) is 24.0 Å².